The smallest absolute Gasteiger partial charge is 0.320 e. The average Bonchev–Trinajstić information content (AvgIpc) is 3.54. The first kappa shape index (κ1) is 20.6. The Kier molecular flexibility index (Phi) is 4.82. The lowest BCUT2D eigenvalue weighted by Crippen LogP contribution is -2.21. The molecule has 1 aromatic carbocycles. The second-order valence-corrected chi connectivity index (χ2v) is 7.66. The van der Waals surface area contributed by atoms with Crippen LogP contribution >= 0.6 is 0 Å². The third kappa shape index (κ3) is 3.78. The molecule has 0 spiro atoms. The van der Waals surface area contributed by atoms with Crippen molar-refractivity contribution in [2.45, 2.75) is 24.9 Å². The zero-order valence-corrected chi connectivity index (χ0v) is 17.0. The van der Waals surface area contributed by atoms with Crippen molar-refractivity contribution in [2.75, 3.05) is 5.32 Å². The molecule has 3 aromatic heterocycles. The number of pyridine rings is 2. The molecule has 1 aliphatic carbocycles. The Bertz CT molecular complexity index is 1430. The first-order chi connectivity index (χ1) is 15.9. The number of fused-ring (bicyclic) bond motifs is 1. The molecule has 1 amide bonds. The molecule has 0 unspecified atom stereocenters. The summed E-state index contributed by atoms with van der Waals surface area (Å²) in [6.07, 6.45) is 0.775. The van der Waals surface area contributed by atoms with Gasteiger partial charge in [0, 0.05) is 17.5 Å². The van der Waals surface area contributed by atoms with E-state index in [0.29, 0.717) is 26.8 Å². The van der Waals surface area contributed by atoms with Crippen molar-refractivity contribution < 1.29 is 18.0 Å². The molecule has 7 nitrogen and oxygen atoms in total. The molecule has 164 valence electrons. The molecular formula is C23H15F3N6O. The number of carbonyl (C=O) groups excluding carboxylic acids is 1. The van der Waals surface area contributed by atoms with Crippen LogP contribution in [0.2, 0.25) is 0 Å². The Morgan fingerprint density at radius 2 is 1.97 bits per heavy atom. The molecule has 0 saturated heterocycles. The maximum atomic E-state index is 14.1. The molecule has 1 N–H and O–H groups in total. The summed E-state index contributed by atoms with van der Waals surface area (Å²) >= 11 is 0. The van der Waals surface area contributed by atoms with Crippen molar-refractivity contribution in [3.8, 4) is 11.8 Å². The molecule has 10 heteroatoms. The summed E-state index contributed by atoms with van der Waals surface area (Å²) in [5.74, 6) is -0.786. The van der Waals surface area contributed by atoms with Crippen LogP contribution in [-0.4, -0.2) is 25.7 Å². The lowest BCUT2D eigenvalue weighted by atomic mass is 10.1. The quantitative estimate of drug-likeness (QED) is 0.482. The number of nitrogens with one attached hydrogen (secondary N) is 1. The summed E-state index contributed by atoms with van der Waals surface area (Å²) in [5, 5.41) is 16.1. The number of amides is 1. The maximum absolute atomic E-state index is 14.1. The van der Waals surface area contributed by atoms with E-state index in [-0.39, 0.29) is 17.3 Å². The minimum Gasteiger partial charge on any atom is -0.320 e. The molecule has 5 rings (SSSR count). The molecule has 1 fully saturated rings. The fourth-order valence-corrected chi connectivity index (χ4v) is 3.76. The van der Waals surface area contributed by atoms with Gasteiger partial charge in [-0.15, -0.1) is 0 Å². The van der Waals surface area contributed by atoms with Gasteiger partial charge >= 0.3 is 6.18 Å². The van der Waals surface area contributed by atoms with Gasteiger partial charge in [0.1, 0.15) is 6.07 Å². The van der Waals surface area contributed by atoms with Crippen molar-refractivity contribution in [1.29, 1.82) is 5.26 Å². The minimum absolute atomic E-state index is 0.135. The van der Waals surface area contributed by atoms with Gasteiger partial charge in [0.05, 0.1) is 46.1 Å². The van der Waals surface area contributed by atoms with E-state index in [2.05, 4.69) is 20.4 Å². The molecule has 1 saturated carbocycles. The van der Waals surface area contributed by atoms with Crippen molar-refractivity contribution in [3.63, 3.8) is 0 Å². The Morgan fingerprint density at radius 3 is 2.70 bits per heavy atom. The van der Waals surface area contributed by atoms with Crippen LogP contribution in [0.3, 0.4) is 0 Å². The summed E-state index contributed by atoms with van der Waals surface area (Å²) in [5.41, 5.74) is -0.136. The normalized spacial score (nSPS) is 13.6. The minimum atomic E-state index is -4.86. The number of benzene rings is 1. The predicted octanol–water partition coefficient (Wildman–Crippen LogP) is 4.84. The van der Waals surface area contributed by atoms with Crippen LogP contribution in [0.4, 0.5) is 18.9 Å². The van der Waals surface area contributed by atoms with Crippen LogP contribution in [0, 0.1) is 11.3 Å². The standard InChI is InChI=1S/C23H15F3N6O/c24-23(25,26)21-17(12-30-32(21)19-5-1-4-18-16(19)3-2-8-28-18)22(33)31-15-9-14(10-27)20(29-11-15)13-6-7-13/h1-5,8-9,11-13H,6-7H2,(H,31,33). The zero-order chi connectivity index (χ0) is 23.2. The van der Waals surface area contributed by atoms with E-state index in [1.807, 2.05) is 6.07 Å². The molecule has 3 heterocycles. The largest absolute Gasteiger partial charge is 0.434 e. The van der Waals surface area contributed by atoms with Crippen LogP contribution in [0.5, 0.6) is 0 Å². The van der Waals surface area contributed by atoms with E-state index >= 15 is 0 Å². The number of rotatable bonds is 4. The third-order valence-corrected chi connectivity index (χ3v) is 5.39. The number of nitrogens with zero attached hydrogens (tertiary/aromatic N) is 5. The number of alkyl halides is 3. The third-order valence-electron chi connectivity index (χ3n) is 5.39. The Labute approximate surface area is 185 Å². The summed E-state index contributed by atoms with van der Waals surface area (Å²) in [7, 11) is 0. The monoisotopic (exact) mass is 448 g/mol. The van der Waals surface area contributed by atoms with Crippen LogP contribution in [0.1, 0.15) is 46.1 Å². The lowest BCUT2D eigenvalue weighted by molar-refractivity contribution is -0.143. The SMILES string of the molecule is N#Cc1cc(NC(=O)c2cnn(-c3cccc4ncccc34)c2C(F)(F)F)cnc1C1CC1. The molecule has 1 aliphatic rings. The van der Waals surface area contributed by atoms with Gasteiger partial charge in [0.25, 0.3) is 5.91 Å². The van der Waals surface area contributed by atoms with E-state index in [1.165, 1.54) is 24.5 Å². The van der Waals surface area contributed by atoms with E-state index in [1.54, 1.807) is 24.3 Å². The highest BCUT2D eigenvalue weighted by atomic mass is 19.4. The summed E-state index contributed by atoms with van der Waals surface area (Å²) in [4.78, 5) is 21.2. The number of nitriles is 1. The number of anilines is 1. The second kappa shape index (κ2) is 7.70. The van der Waals surface area contributed by atoms with Gasteiger partial charge in [-0.25, -0.2) is 4.68 Å². The zero-order valence-electron chi connectivity index (χ0n) is 17.0. The molecule has 0 aliphatic heterocycles. The van der Waals surface area contributed by atoms with E-state index in [9.17, 15) is 23.2 Å². The fourth-order valence-electron chi connectivity index (χ4n) is 3.76. The highest BCUT2D eigenvalue weighted by Crippen LogP contribution is 2.41. The number of aromatic nitrogens is 4. The fraction of sp³-hybridized carbons (Fsp3) is 0.174. The number of hydrogen-bond acceptors (Lipinski definition) is 5. The van der Waals surface area contributed by atoms with Gasteiger partial charge in [-0.1, -0.05) is 6.07 Å². The number of halogens is 3. The predicted molar refractivity (Wildman–Crippen MR) is 113 cm³/mol. The van der Waals surface area contributed by atoms with Gasteiger partial charge in [-0.3, -0.25) is 14.8 Å². The Hall–Kier alpha value is -4.26. The second-order valence-electron chi connectivity index (χ2n) is 7.66. The summed E-state index contributed by atoms with van der Waals surface area (Å²) in [6.45, 7) is 0. The Balaban J connectivity index is 1.55. The van der Waals surface area contributed by atoms with E-state index < -0.39 is 23.3 Å². The molecule has 0 bridgehead atoms. The molecule has 33 heavy (non-hydrogen) atoms. The average molecular weight is 448 g/mol. The molecule has 0 atom stereocenters. The first-order valence-electron chi connectivity index (χ1n) is 10.1. The maximum Gasteiger partial charge on any atom is 0.434 e. The van der Waals surface area contributed by atoms with E-state index in [0.717, 1.165) is 19.0 Å². The highest BCUT2D eigenvalue weighted by Gasteiger charge is 2.41. The van der Waals surface area contributed by atoms with Crippen molar-refractivity contribution in [2.24, 2.45) is 0 Å². The van der Waals surface area contributed by atoms with Crippen LogP contribution in [-0.2, 0) is 6.18 Å². The van der Waals surface area contributed by atoms with E-state index in [4.69, 9.17) is 0 Å². The first-order valence-corrected chi connectivity index (χ1v) is 10.1. The van der Waals surface area contributed by atoms with Gasteiger partial charge in [-0.2, -0.15) is 23.5 Å². The van der Waals surface area contributed by atoms with Crippen LogP contribution in [0.15, 0.2) is 55.0 Å². The summed E-state index contributed by atoms with van der Waals surface area (Å²) < 4.78 is 43.0. The van der Waals surface area contributed by atoms with Crippen molar-refractivity contribution in [1.82, 2.24) is 19.7 Å². The summed E-state index contributed by atoms with van der Waals surface area (Å²) in [6, 6.07) is 11.4. The number of carbonyl (C=O) groups is 1. The van der Waals surface area contributed by atoms with Gasteiger partial charge in [-0.05, 0) is 43.2 Å². The van der Waals surface area contributed by atoms with Crippen molar-refractivity contribution in [3.05, 3.63) is 77.5 Å². The van der Waals surface area contributed by atoms with Crippen LogP contribution in [0.25, 0.3) is 16.6 Å². The topological polar surface area (TPSA) is 96.5 Å². The van der Waals surface area contributed by atoms with Crippen LogP contribution < -0.4 is 5.32 Å². The van der Waals surface area contributed by atoms with Gasteiger partial charge in [0.15, 0.2) is 5.69 Å². The highest BCUT2D eigenvalue weighted by molar-refractivity contribution is 6.05. The van der Waals surface area contributed by atoms with Crippen molar-refractivity contribution >= 4 is 22.5 Å². The van der Waals surface area contributed by atoms with Gasteiger partial charge < -0.3 is 5.32 Å². The molecule has 0 radical (unpaired) electrons. The lowest BCUT2D eigenvalue weighted by Gasteiger charge is -2.14. The number of hydrogen-bond donors (Lipinski definition) is 1. The molecular weight excluding hydrogens is 433 g/mol. The Morgan fingerprint density at radius 1 is 1.15 bits per heavy atom. The van der Waals surface area contributed by atoms with Gasteiger partial charge in [0.2, 0.25) is 0 Å². The molecule has 4 aromatic rings.